The topological polar surface area (TPSA) is 102 Å². The summed E-state index contributed by atoms with van der Waals surface area (Å²) in [6, 6.07) is 7.19. The Morgan fingerprint density at radius 2 is 1.81 bits per heavy atom. The second kappa shape index (κ2) is 11.2. The molecule has 3 amide bonds. The number of thioether (sulfide) groups is 1. The summed E-state index contributed by atoms with van der Waals surface area (Å²) in [4.78, 5) is 45.1. The minimum absolute atomic E-state index is 0.0429. The molecule has 0 aliphatic carbocycles. The van der Waals surface area contributed by atoms with Crippen LogP contribution in [0.25, 0.3) is 0 Å². The number of hydrogen-bond donors (Lipinski definition) is 3. The van der Waals surface area contributed by atoms with Crippen LogP contribution in [0.3, 0.4) is 0 Å². The summed E-state index contributed by atoms with van der Waals surface area (Å²) in [6.07, 6.45) is 3.55. The molecule has 4 rings (SSSR count). The summed E-state index contributed by atoms with van der Waals surface area (Å²) in [6.45, 7) is 11.2. The maximum absolute atomic E-state index is 13.9. The van der Waals surface area contributed by atoms with Crippen LogP contribution in [-0.2, 0) is 14.4 Å². The third kappa shape index (κ3) is 4.85. The van der Waals surface area contributed by atoms with Gasteiger partial charge in [0, 0.05) is 48.9 Å². The van der Waals surface area contributed by atoms with Crippen LogP contribution in [0.5, 0.6) is 0 Å². The highest BCUT2D eigenvalue weighted by Crippen LogP contribution is 2.71. The molecule has 3 N–H and O–H groups in total. The first kappa shape index (κ1) is 27.8. The van der Waals surface area contributed by atoms with Crippen LogP contribution in [-0.4, -0.2) is 76.0 Å². The Kier molecular flexibility index (Phi) is 8.43. The van der Waals surface area contributed by atoms with Crippen molar-refractivity contribution in [3.05, 3.63) is 24.3 Å². The van der Waals surface area contributed by atoms with Crippen LogP contribution in [0, 0.1) is 11.8 Å². The number of benzene rings is 1. The zero-order valence-electron chi connectivity index (χ0n) is 22.6. The summed E-state index contributed by atoms with van der Waals surface area (Å²) in [5.74, 6) is -1.32. The average molecular weight is 531 g/mol. The molecule has 2 unspecified atom stereocenters. The van der Waals surface area contributed by atoms with Crippen LogP contribution in [0.2, 0.25) is 0 Å². The van der Waals surface area contributed by atoms with Gasteiger partial charge in [-0.3, -0.25) is 14.4 Å². The fourth-order valence-corrected chi connectivity index (χ4v) is 9.03. The Morgan fingerprint density at radius 1 is 1.11 bits per heavy atom. The van der Waals surface area contributed by atoms with E-state index in [2.05, 4.69) is 36.3 Å². The van der Waals surface area contributed by atoms with Crippen molar-refractivity contribution in [3.63, 3.8) is 0 Å². The fourth-order valence-electron chi connectivity index (χ4n) is 6.67. The minimum atomic E-state index is -0.651. The first-order valence-corrected chi connectivity index (χ1v) is 14.6. The lowest BCUT2D eigenvalue weighted by atomic mass is 9.66. The van der Waals surface area contributed by atoms with E-state index in [1.165, 1.54) is 0 Å². The quantitative estimate of drug-likeness (QED) is 0.359. The molecule has 37 heavy (non-hydrogen) atoms. The van der Waals surface area contributed by atoms with Gasteiger partial charge in [-0.05, 0) is 77.1 Å². The first-order valence-electron chi connectivity index (χ1n) is 13.8. The lowest BCUT2D eigenvalue weighted by Gasteiger charge is -2.34. The van der Waals surface area contributed by atoms with Gasteiger partial charge in [0.25, 0.3) is 0 Å². The standard InChI is InChI=1S/C28H42N4O4S/c1-5-16-29-24(34)21-22-26(36)32(17-8-9-18-33)23(28(22)15-14-27(21,4)37-28)25(35)30-19-10-12-20(13-11-19)31(6-2)7-3/h10-13,21-23,33H,5-9,14-18H2,1-4H3,(H,29,34)(H,30,35)/t21-,22+,23?,27+,28?/m1/s1. The predicted molar refractivity (Wildman–Crippen MR) is 149 cm³/mol. The normalized spacial score (nSPS) is 29.9. The van der Waals surface area contributed by atoms with Crippen LogP contribution in [0.1, 0.15) is 59.8 Å². The lowest BCUT2D eigenvalue weighted by Crippen LogP contribution is -2.52. The second-order valence-electron chi connectivity index (χ2n) is 10.7. The number of unbranched alkanes of at least 4 members (excludes halogenated alkanes) is 1. The molecule has 3 aliphatic rings. The van der Waals surface area contributed by atoms with Crippen molar-refractivity contribution in [1.82, 2.24) is 10.2 Å². The van der Waals surface area contributed by atoms with Gasteiger partial charge < -0.3 is 25.5 Å². The highest BCUT2D eigenvalue weighted by atomic mass is 32.2. The Labute approximate surface area is 224 Å². The first-order chi connectivity index (χ1) is 17.8. The highest BCUT2D eigenvalue weighted by molar-refractivity contribution is 8.02. The number of carbonyl (C=O) groups is 3. The van der Waals surface area contributed by atoms with Gasteiger partial charge >= 0.3 is 0 Å². The SMILES string of the molecule is CCCNC(=O)[C@H]1[C@H]2C(=O)N(CCCCO)C(C(=O)Nc3ccc(N(CC)CC)cc3)C23CC[C@]1(C)S3. The number of aliphatic hydroxyl groups is 1. The van der Waals surface area contributed by atoms with E-state index < -0.39 is 22.6 Å². The lowest BCUT2D eigenvalue weighted by molar-refractivity contribution is -0.140. The molecule has 5 atom stereocenters. The number of rotatable bonds is 12. The molecule has 8 nitrogen and oxygen atoms in total. The van der Waals surface area contributed by atoms with E-state index in [0.29, 0.717) is 31.6 Å². The molecule has 3 heterocycles. The maximum Gasteiger partial charge on any atom is 0.248 e. The van der Waals surface area contributed by atoms with E-state index in [1.807, 2.05) is 31.2 Å². The molecule has 3 saturated heterocycles. The number of fused-ring (bicyclic) bond motifs is 1. The summed E-state index contributed by atoms with van der Waals surface area (Å²) in [7, 11) is 0. The molecule has 3 fully saturated rings. The maximum atomic E-state index is 13.9. The molecular formula is C28H42N4O4S. The number of amides is 3. The molecule has 204 valence electrons. The third-order valence-corrected chi connectivity index (χ3v) is 10.4. The van der Waals surface area contributed by atoms with Crippen molar-refractivity contribution < 1.29 is 19.5 Å². The van der Waals surface area contributed by atoms with Crippen LogP contribution >= 0.6 is 11.8 Å². The zero-order chi connectivity index (χ0) is 26.8. The molecule has 3 aliphatic heterocycles. The van der Waals surface area contributed by atoms with Gasteiger partial charge in [0.2, 0.25) is 17.7 Å². The van der Waals surface area contributed by atoms with Gasteiger partial charge in [0.15, 0.2) is 0 Å². The molecule has 0 aromatic heterocycles. The Bertz CT molecular complexity index is 1000. The van der Waals surface area contributed by atoms with Gasteiger partial charge in [0.1, 0.15) is 6.04 Å². The molecular weight excluding hydrogens is 488 g/mol. The number of nitrogens with one attached hydrogen (secondary N) is 2. The monoisotopic (exact) mass is 530 g/mol. The van der Waals surface area contributed by atoms with E-state index in [-0.39, 0.29) is 29.1 Å². The average Bonchev–Trinajstić information content (AvgIpc) is 3.45. The number of likely N-dealkylation sites (tertiary alicyclic amines) is 1. The van der Waals surface area contributed by atoms with E-state index in [0.717, 1.165) is 38.0 Å². The van der Waals surface area contributed by atoms with Crippen LogP contribution in [0.15, 0.2) is 24.3 Å². The molecule has 1 aromatic carbocycles. The van der Waals surface area contributed by atoms with Gasteiger partial charge in [0.05, 0.1) is 16.6 Å². The largest absolute Gasteiger partial charge is 0.396 e. The summed E-state index contributed by atoms with van der Waals surface area (Å²) in [5, 5.41) is 15.4. The predicted octanol–water partition coefficient (Wildman–Crippen LogP) is 3.25. The number of carbonyl (C=O) groups excluding carboxylic acids is 3. The minimum Gasteiger partial charge on any atom is -0.396 e. The zero-order valence-corrected chi connectivity index (χ0v) is 23.4. The van der Waals surface area contributed by atoms with Gasteiger partial charge in [-0.25, -0.2) is 0 Å². The Morgan fingerprint density at radius 3 is 2.43 bits per heavy atom. The highest BCUT2D eigenvalue weighted by Gasteiger charge is 2.76. The summed E-state index contributed by atoms with van der Waals surface area (Å²) < 4.78 is -0.982. The Balaban J connectivity index is 1.63. The van der Waals surface area contributed by atoms with Gasteiger partial charge in [-0.1, -0.05) is 6.92 Å². The summed E-state index contributed by atoms with van der Waals surface area (Å²) in [5.41, 5.74) is 1.80. The second-order valence-corrected chi connectivity index (χ2v) is 12.6. The van der Waals surface area contributed by atoms with E-state index in [9.17, 15) is 19.5 Å². The number of nitrogens with zero attached hydrogens (tertiary/aromatic N) is 2. The molecule has 9 heteroatoms. The molecule has 0 radical (unpaired) electrons. The van der Waals surface area contributed by atoms with Gasteiger partial charge in [-0.15, -0.1) is 11.8 Å². The molecule has 1 aromatic rings. The van der Waals surface area contributed by atoms with Crippen molar-refractivity contribution in [2.24, 2.45) is 11.8 Å². The third-order valence-electron chi connectivity index (χ3n) is 8.43. The van der Waals surface area contributed by atoms with Crippen molar-refractivity contribution in [2.45, 2.75) is 75.3 Å². The van der Waals surface area contributed by atoms with Crippen molar-refractivity contribution >= 4 is 40.9 Å². The van der Waals surface area contributed by atoms with Crippen molar-refractivity contribution in [1.29, 1.82) is 0 Å². The number of hydrogen-bond acceptors (Lipinski definition) is 6. The van der Waals surface area contributed by atoms with E-state index in [1.54, 1.807) is 16.7 Å². The van der Waals surface area contributed by atoms with E-state index >= 15 is 0 Å². The van der Waals surface area contributed by atoms with Gasteiger partial charge in [-0.2, -0.15) is 0 Å². The smallest absolute Gasteiger partial charge is 0.248 e. The number of anilines is 2. The Hall–Kier alpha value is -2.26. The van der Waals surface area contributed by atoms with Crippen LogP contribution in [0.4, 0.5) is 11.4 Å². The molecule has 0 saturated carbocycles. The van der Waals surface area contributed by atoms with E-state index in [4.69, 9.17) is 0 Å². The summed E-state index contributed by atoms with van der Waals surface area (Å²) >= 11 is 1.69. The fraction of sp³-hybridized carbons (Fsp3) is 0.679. The number of aliphatic hydroxyl groups excluding tert-OH is 1. The van der Waals surface area contributed by atoms with Crippen molar-refractivity contribution in [3.8, 4) is 0 Å². The molecule has 2 bridgehead atoms. The molecule has 1 spiro atoms. The van der Waals surface area contributed by atoms with Crippen molar-refractivity contribution in [2.75, 3.05) is 43.0 Å². The van der Waals surface area contributed by atoms with Crippen LogP contribution < -0.4 is 15.5 Å².